The van der Waals surface area contributed by atoms with E-state index in [0.717, 1.165) is 29.7 Å². The molecule has 0 radical (unpaired) electrons. The molecule has 296 valence electrons. The van der Waals surface area contributed by atoms with E-state index in [1.807, 2.05) is 19.9 Å². The van der Waals surface area contributed by atoms with E-state index < -0.39 is 15.7 Å². The number of nitro groups is 2. The molecule has 0 amide bonds. The second-order valence-electron chi connectivity index (χ2n) is 9.86. The molecule has 0 spiro atoms. The number of benzene rings is 3. The van der Waals surface area contributed by atoms with Gasteiger partial charge in [0.05, 0.1) is 43.3 Å². The van der Waals surface area contributed by atoms with E-state index >= 15 is 0 Å². The quantitative estimate of drug-likeness (QED) is 0.0407. The standard InChI is InChI=1S/C10H10N4O3.C10H12N4O.C7H6FNO3.C3H5N3.CH2O3.CH4.2K.H/c1-7-11-6-13(12-7)9-4-3-8(14(15)16)5-10(9)17-2;1-7-12-6-14(13-7)9-4-3-8(11)5-10(9)15-2;1-12-7-4-5(9(10)11)2-3-6(7)8;1-3-4-2-5-6-3;2-1-4-3;;;;/h3-6H,1-2H3;3-6H,11H2,1-2H3;2-4H,1H3;2H,1H3,(H,4,5,6);1,3H;1H4;;;/q;;;;;;2*+1;-1/p-1. The average Bonchev–Trinajstić information content (AvgIpc) is 3.95. The van der Waals surface area contributed by atoms with Crippen LogP contribution in [0.3, 0.4) is 0 Å². The smallest absolute Gasteiger partial charge is 1.00 e. The van der Waals surface area contributed by atoms with Crippen molar-refractivity contribution in [2.75, 3.05) is 27.1 Å². The number of aromatic nitrogens is 9. The number of aryl methyl sites for hydroxylation is 3. The molecule has 0 aliphatic heterocycles. The van der Waals surface area contributed by atoms with Gasteiger partial charge in [-0.2, -0.15) is 15.3 Å². The van der Waals surface area contributed by atoms with Crippen LogP contribution in [0.1, 0.15) is 26.3 Å². The summed E-state index contributed by atoms with van der Waals surface area (Å²) in [4.78, 5) is 42.8. The van der Waals surface area contributed by atoms with Crippen molar-refractivity contribution in [3.63, 3.8) is 0 Å². The third kappa shape index (κ3) is 18.7. The van der Waals surface area contributed by atoms with E-state index in [-0.39, 0.29) is 135 Å². The van der Waals surface area contributed by atoms with E-state index in [9.17, 15) is 24.6 Å². The minimum Gasteiger partial charge on any atom is -1.00 e. The van der Waals surface area contributed by atoms with Gasteiger partial charge in [0.2, 0.25) is 0 Å². The zero-order chi connectivity index (χ0) is 40.2. The molecule has 0 aliphatic carbocycles. The molecule has 0 saturated carbocycles. The molecule has 6 aromatic rings. The average molecular weight is 849 g/mol. The number of carbonyl (C=O) groups excluding carboxylic acids is 1. The maximum atomic E-state index is 12.7. The molecule has 22 nitrogen and oxygen atoms in total. The second-order valence-corrected chi connectivity index (χ2v) is 9.86. The van der Waals surface area contributed by atoms with Gasteiger partial charge >= 0.3 is 103 Å². The molecule has 25 heteroatoms. The molecule has 0 saturated heterocycles. The number of ether oxygens (including phenoxy) is 3. The fraction of sp³-hybridized carbons (Fsp3) is 0.219. The summed E-state index contributed by atoms with van der Waals surface area (Å²) in [5.41, 5.74) is 7.54. The van der Waals surface area contributed by atoms with Crippen LogP contribution in [0.5, 0.6) is 17.2 Å². The number of hydrogen-bond acceptors (Lipinski definition) is 17. The maximum absolute atomic E-state index is 12.7. The molecular formula is C32H39FK2N12O10. The van der Waals surface area contributed by atoms with Gasteiger partial charge in [0.25, 0.3) is 17.8 Å². The van der Waals surface area contributed by atoms with Crippen molar-refractivity contribution in [3.8, 4) is 28.6 Å². The van der Waals surface area contributed by atoms with Crippen LogP contribution >= 0.6 is 0 Å². The van der Waals surface area contributed by atoms with Crippen LogP contribution in [0.25, 0.3) is 11.4 Å². The Kier molecular flexibility index (Phi) is 27.9. The number of carbonyl (C=O) groups is 1. The number of nitrogen functional groups attached to an aromatic ring is 1. The Balaban J connectivity index is -0.000000684. The summed E-state index contributed by atoms with van der Waals surface area (Å²) in [5, 5.41) is 43.8. The molecule has 3 aromatic heterocycles. The van der Waals surface area contributed by atoms with Crippen molar-refractivity contribution in [1.82, 2.24) is 44.7 Å². The van der Waals surface area contributed by atoms with Gasteiger partial charge in [0.1, 0.15) is 53.6 Å². The number of nitrogens with zero attached hydrogens (tertiary/aromatic N) is 10. The van der Waals surface area contributed by atoms with Crippen molar-refractivity contribution in [1.29, 1.82) is 0 Å². The Morgan fingerprint density at radius 1 is 0.772 bits per heavy atom. The van der Waals surface area contributed by atoms with E-state index in [4.69, 9.17) is 25.3 Å². The number of H-pyrrole nitrogens is 1. The Labute approximate surface area is 411 Å². The summed E-state index contributed by atoms with van der Waals surface area (Å²) in [5.74, 6) is 2.52. The van der Waals surface area contributed by atoms with Gasteiger partial charge in [-0.3, -0.25) is 30.1 Å². The van der Waals surface area contributed by atoms with Gasteiger partial charge in [0, 0.05) is 23.9 Å². The molecule has 3 N–H and O–H groups in total. The Morgan fingerprint density at radius 2 is 1.21 bits per heavy atom. The predicted octanol–water partition coefficient (Wildman–Crippen LogP) is -2.29. The number of non-ortho nitro benzene ring substituents is 2. The minimum atomic E-state index is -0.609. The number of halogens is 1. The second kappa shape index (κ2) is 29.0. The number of rotatable bonds is 8. The van der Waals surface area contributed by atoms with Crippen molar-refractivity contribution < 1.29 is 148 Å². The van der Waals surface area contributed by atoms with Crippen molar-refractivity contribution in [2.24, 2.45) is 0 Å². The number of nitro benzene ring substituents is 2. The fourth-order valence-electron chi connectivity index (χ4n) is 3.81. The first kappa shape index (κ1) is 54.8. The van der Waals surface area contributed by atoms with Crippen LogP contribution < -0.4 is 128 Å². The van der Waals surface area contributed by atoms with Gasteiger partial charge in [-0.15, -0.1) is 0 Å². The van der Waals surface area contributed by atoms with Crippen LogP contribution in [0.2, 0.25) is 0 Å². The first-order valence-corrected chi connectivity index (χ1v) is 14.8. The van der Waals surface area contributed by atoms with Crippen molar-refractivity contribution in [3.05, 3.63) is 117 Å². The molecule has 0 bridgehead atoms. The molecule has 6 rings (SSSR count). The van der Waals surface area contributed by atoms with E-state index in [1.165, 1.54) is 43.7 Å². The fourth-order valence-corrected chi connectivity index (χ4v) is 3.81. The van der Waals surface area contributed by atoms with E-state index in [0.29, 0.717) is 34.5 Å². The molecule has 0 fully saturated rings. The van der Waals surface area contributed by atoms with E-state index in [1.54, 1.807) is 43.2 Å². The number of hydrogen-bond donors (Lipinski definition) is 2. The molecule has 0 atom stereocenters. The zero-order valence-corrected chi connectivity index (χ0v) is 37.8. The van der Waals surface area contributed by atoms with Crippen LogP contribution in [0.4, 0.5) is 21.5 Å². The van der Waals surface area contributed by atoms with Crippen molar-refractivity contribution in [2.45, 2.75) is 28.2 Å². The number of nitrogens with two attached hydrogens (primary N) is 1. The van der Waals surface area contributed by atoms with Crippen LogP contribution in [-0.2, 0) is 9.68 Å². The summed E-state index contributed by atoms with van der Waals surface area (Å²) in [6, 6.07) is 12.8. The van der Waals surface area contributed by atoms with Gasteiger partial charge in [-0.05, 0) is 45.0 Å². The minimum absolute atomic E-state index is 0. The normalized spacial score (nSPS) is 9.05. The molecule has 0 aliphatic rings. The van der Waals surface area contributed by atoms with Gasteiger partial charge in [-0.25, -0.2) is 28.7 Å². The Bertz CT molecular complexity index is 2110. The molecule has 3 heterocycles. The predicted molar refractivity (Wildman–Crippen MR) is 192 cm³/mol. The first-order valence-electron chi connectivity index (χ1n) is 14.8. The number of aromatic amines is 1. The monoisotopic (exact) mass is 848 g/mol. The Morgan fingerprint density at radius 3 is 1.56 bits per heavy atom. The Hall–Kier alpha value is -4.29. The first-order chi connectivity index (χ1) is 25.8. The molecular weight excluding hydrogens is 810 g/mol. The van der Waals surface area contributed by atoms with E-state index in [2.05, 4.69) is 45.0 Å². The van der Waals surface area contributed by atoms with Crippen molar-refractivity contribution >= 4 is 23.5 Å². The van der Waals surface area contributed by atoms with Gasteiger partial charge < -0.3 is 31.5 Å². The largest absolute Gasteiger partial charge is 1.00 e. The molecule has 0 unspecified atom stereocenters. The maximum Gasteiger partial charge on any atom is 1.00 e. The van der Waals surface area contributed by atoms with Crippen LogP contribution in [-0.4, -0.2) is 82.4 Å². The number of methoxy groups -OCH3 is 3. The zero-order valence-electron chi connectivity index (χ0n) is 32.5. The summed E-state index contributed by atoms with van der Waals surface area (Å²) in [6.07, 6.45) is 4.65. The van der Waals surface area contributed by atoms with Crippen LogP contribution in [0, 0.1) is 46.8 Å². The molecule has 3 aromatic carbocycles. The summed E-state index contributed by atoms with van der Waals surface area (Å²) >= 11 is 0. The van der Waals surface area contributed by atoms with Crippen LogP contribution in [0.15, 0.2) is 73.6 Å². The number of nitrogens with one attached hydrogen (secondary N) is 1. The van der Waals surface area contributed by atoms with Gasteiger partial charge in [0.15, 0.2) is 17.3 Å². The summed E-state index contributed by atoms with van der Waals surface area (Å²) in [6.45, 7) is 5.27. The topological polar surface area (TPSA) is 292 Å². The molecule has 57 heavy (non-hydrogen) atoms. The summed E-state index contributed by atoms with van der Waals surface area (Å²) in [7, 11) is 4.30. The third-order valence-corrected chi connectivity index (χ3v) is 6.20. The third-order valence-electron chi connectivity index (χ3n) is 6.20. The summed E-state index contributed by atoms with van der Waals surface area (Å²) < 4.78 is 30.7. The SMILES string of the molecule is C.COc1cc(N)ccc1-n1cnc(C)n1.COc1cc([N+](=O)[O-])ccc1-n1cnc(C)n1.COc1cc([N+](=O)[O-])ccc1F.Cc1ncn[nH]1.O=CO[O-].[H-].[K+].[K+]. The number of anilines is 1. The van der Waals surface area contributed by atoms with Gasteiger partial charge in [-0.1, -0.05) is 7.43 Å².